The van der Waals surface area contributed by atoms with Crippen molar-refractivity contribution >= 4 is 22.6 Å². The van der Waals surface area contributed by atoms with Crippen LogP contribution in [0.1, 0.15) is 32.6 Å². The van der Waals surface area contributed by atoms with E-state index < -0.39 is 0 Å². The number of aliphatic hydroxyl groups is 1. The molecule has 0 aromatic heterocycles. The average Bonchev–Trinajstić information content (AvgIpc) is 2.37. The third-order valence-electron chi connectivity index (χ3n) is 5.69. The first-order chi connectivity index (χ1) is 7.59. The molecule has 0 radical (unpaired) electrons. The van der Waals surface area contributed by atoms with Crippen LogP contribution >= 0.6 is 22.6 Å². The first-order valence-electron chi connectivity index (χ1n) is 6.72. The predicted octanol–water partition coefficient (Wildman–Crippen LogP) is 2.04. The van der Waals surface area contributed by atoms with Crippen LogP contribution in [0.15, 0.2) is 0 Å². The van der Waals surface area contributed by atoms with E-state index in [0.717, 1.165) is 30.2 Å². The first-order valence-corrected chi connectivity index (χ1v) is 7.80. The van der Waals surface area contributed by atoms with Crippen molar-refractivity contribution in [3.63, 3.8) is 0 Å². The zero-order valence-corrected chi connectivity index (χ0v) is 11.9. The maximum atomic E-state index is 10.4. The molecular formula is C13H20INO. The minimum atomic E-state index is -0.0318. The molecule has 1 unspecified atom stereocenters. The average molecular weight is 333 g/mol. The van der Waals surface area contributed by atoms with Crippen LogP contribution in [0, 0.1) is 17.8 Å². The van der Waals surface area contributed by atoms with Gasteiger partial charge < -0.3 is 5.11 Å². The normalized spacial score (nSPS) is 67.3. The van der Waals surface area contributed by atoms with Gasteiger partial charge in [-0.25, -0.2) is 0 Å². The highest BCUT2D eigenvalue weighted by atomic mass is 127. The topological polar surface area (TPSA) is 23.5 Å². The van der Waals surface area contributed by atoms with Crippen LogP contribution in [0.3, 0.4) is 0 Å². The number of fused-ring (bicyclic) bond motifs is 2. The molecule has 1 N–H and O–H groups in total. The van der Waals surface area contributed by atoms with Crippen molar-refractivity contribution in [3.05, 3.63) is 0 Å². The monoisotopic (exact) mass is 333 g/mol. The summed E-state index contributed by atoms with van der Waals surface area (Å²) in [6, 6.07) is 1.28. The minimum absolute atomic E-state index is 0.0318. The van der Waals surface area contributed by atoms with Gasteiger partial charge in [-0.3, -0.25) is 4.90 Å². The second-order valence-corrected chi connectivity index (χ2v) is 8.69. The van der Waals surface area contributed by atoms with Gasteiger partial charge in [0, 0.05) is 22.1 Å². The lowest BCUT2D eigenvalue weighted by Crippen LogP contribution is -2.56. The number of piperidine rings is 2. The molecule has 3 heteroatoms. The van der Waals surface area contributed by atoms with Gasteiger partial charge in [0.1, 0.15) is 0 Å². The van der Waals surface area contributed by atoms with Crippen LogP contribution < -0.4 is 0 Å². The Hall–Kier alpha value is 0.650. The maximum absolute atomic E-state index is 10.4. The third kappa shape index (κ3) is 1.11. The highest BCUT2D eigenvalue weighted by Crippen LogP contribution is 2.62. The summed E-state index contributed by atoms with van der Waals surface area (Å²) >= 11 is 2.77. The van der Waals surface area contributed by atoms with E-state index in [1.807, 2.05) is 0 Å². The summed E-state index contributed by atoms with van der Waals surface area (Å²) in [5, 5.41) is 10.4. The summed E-state index contributed by atoms with van der Waals surface area (Å²) < 4.78 is 0.509. The molecule has 4 rings (SSSR count). The Morgan fingerprint density at radius 1 is 1.31 bits per heavy atom. The lowest BCUT2D eigenvalue weighted by molar-refractivity contribution is -0.0242. The Balaban J connectivity index is 1.83. The second-order valence-electron chi connectivity index (χ2n) is 6.69. The number of hydrogen-bond donors (Lipinski definition) is 1. The van der Waals surface area contributed by atoms with Gasteiger partial charge in [-0.1, -0.05) is 29.5 Å². The van der Waals surface area contributed by atoms with Gasteiger partial charge in [-0.2, -0.15) is 0 Å². The van der Waals surface area contributed by atoms with E-state index in [1.54, 1.807) is 0 Å². The minimum Gasteiger partial charge on any atom is -0.391 e. The zero-order valence-electron chi connectivity index (χ0n) is 9.77. The number of alkyl halides is 1. The Kier molecular flexibility index (Phi) is 2.08. The van der Waals surface area contributed by atoms with Gasteiger partial charge in [0.2, 0.25) is 0 Å². The molecule has 1 saturated carbocycles. The van der Waals surface area contributed by atoms with Gasteiger partial charge in [0.25, 0.3) is 0 Å². The van der Waals surface area contributed by atoms with Crippen LogP contribution in [-0.2, 0) is 0 Å². The van der Waals surface area contributed by atoms with Crippen molar-refractivity contribution in [2.75, 3.05) is 6.54 Å². The Labute approximate surface area is 111 Å². The van der Waals surface area contributed by atoms with Crippen LogP contribution in [-0.4, -0.2) is 38.2 Å². The summed E-state index contributed by atoms with van der Waals surface area (Å²) in [5.74, 6) is 2.41. The molecule has 3 aliphatic heterocycles. The highest BCUT2D eigenvalue weighted by Gasteiger charge is 2.66. The van der Waals surface area contributed by atoms with Crippen molar-refractivity contribution in [2.24, 2.45) is 17.8 Å². The summed E-state index contributed by atoms with van der Waals surface area (Å²) in [6.45, 7) is 3.68. The summed E-state index contributed by atoms with van der Waals surface area (Å²) in [5.41, 5.74) is 0. The van der Waals surface area contributed by atoms with Crippen molar-refractivity contribution in [2.45, 2.75) is 54.2 Å². The van der Waals surface area contributed by atoms with Crippen molar-refractivity contribution in [1.29, 1.82) is 0 Å². The largest absolute Gasteiger partial charge is 0.391 e. The van der Waals surface area contributed by atoms with Gasteiger partial charge in [-0.05, 0) is 43.4 Å². The quantitative estimate of drug-likeness (QED) is 0.542. The molecule has 8 atom stereocenters. The van der Waals surface area contributed by atoms with Gasteiger partial charge in [-0.15, -0.1) is 0 Å². The molecule has 16 heavy (non-hydrogen) atoms. The molecular weight excluding hydrogens is 313 g/mol. The van der Waals surface area contributed by atoms with Gasteiger partial charge in [0.05, 0.1) is 6.10 Å². The molecule has 4 aliphatic rings. The van der Waals surface area contributed by atoms with Crippen LogP contribution in [0.2, 0.25) is 0 Å². The molecule has 2 nitrogen and oxygen atoms in total. The number of halogens is 1. The Bertz CT molecular complexity index is 336. The molecule has 90 valence electrons. The molecule has 3 heterocycles. The molecule has 3 saturated heterocycles. The fraction of sp³-hybridized carbons (Fsp3) is 1.00. The summed E-state index contributed by atoms with van der Waals surface area (Å²) in [7, 11) is 0. The van der Waals surface area contributed by atoms with E-state index >= 15 is 0 Å². The number of nitrogens with zero attached hydrogens (tertiary/aromatic N) is 1. The van der Waals surface area contributed by atoms with Crippen molar-refractivity contribution in [3.8, 4) is 0 Å². The van der Waals surface area contributed by atoms with Crippen LogP contribution in [0.5, 0.6) is 0 Å². The second kappa shape index (κ2) is 3.15. The lowest BCUT2D eigenvalue weighted by atomic mass is 9.70. The van der Waals surface area contributed by atoms with E-state index in [1.165, 1.54) is 25.8 Å². The SMILES string of the molecule is C[C@H]1C[C@@H]2N3C[C@@H]4C[C@@H](O)[C@H]3[C@H](C1)[C@@]2(I)C4. The third-order valence-corrected chi connectivity index (χ3v) is 7.65. The Morgan fingerprint density at radius 2 is 2.12 bits per heavy atom. The fourth-order valence-corrected chi connectivity index (χ4v) is 7.15. The lowest BCUT2D eigenvalue weighted by Gasteiger charge is -2.49. The Morgan fingerprint density at radius 3 is 2.94 bits per heavy atom. The highest BCUT2D eigenvalue weighted by molar-refractivity contribution is 14.1. The van der Waals surface area contributed by atoms with E-state index in [4.69, 9.17) is 0 Å². The zero-order chi connectivity index (χ0) is 11.1. The molecule has 5 bridgehead atoms. The van der Waals surface area contributed by atoms with E-state index in [9.17, 15) is 5.11 Å². The van der Waals surface area contributed by atoms with E-state index in [2.05, 4.69) is 34.4 Å². The number of hydrogen-bond acceptors (Lipinski definition) is 2. The van der Waals surface area contributed by atoms with E-state index in [0.29, 0.717) is 9.46 Å². The summed E-state index contributed by atoms with van der Waals surface area (Å²) in [4.78, 5) is 2.70. The van der Waals surface area contributed by atoms with Crippen molar-refractivity contribution < 1.29 is 5.11 Å². The van der Waals surface area contributed by atoms with Gasteiger partial charge in [0.15, 0.2) is 0 Å². The molecule has 1 aliphatic carbocycles. The molecule has 0 spiro atoms. The first kappa shape index (κ1) is 10.6. The fourth-order valence-electron chi connectivity index (χ4n) is 5.29. The predicted molar refractivity (Wildman–Crippen MR) is 71.7 cm³/mol. The van der Waals surface area contributed by atoms with Crippen LogP contribution in [0.25, 0.3) is 0 Å². The summed E-state index contributed by atoms with van der Waals surface area (Å²) in [6.07, 6.45) is 5.14. The number of rotatable bonds is 0. The van der Waals surface area contributed by atoms with Crippen molar-refractivity contribution in [1.82, 2.24) is 4.90 Å². The molecule has 0 aromatic carbocycles. The smallest absolute Gasteiger partial charge is 0.0701 e. The molecule has 4 fully saturated rings. The maximum Gasteiger partial charge on any atom is 0.0701 e. The van der Waals surface area contributed by atoms with Crippen LogP contribution in [0.4, 0.5) is 0 Å². The standard InChI is InChI=1S/C13H20INO/c1-7-2-9-12-10(16)4-8-5-13(9,14)11(3-7)15(12)6-8/h7-12,16H,2-6H2,1H3/t7-,8-,9+,10-,11+,12-,13+/m1/s1. The molecule has 0 amide bonds. The number of aliphatic hydroxyl groups excluding tert-OH is 1. The van der Waals surface area contributed by atoms with Gasteiger partial charge >= 0.3 is 0 Å². The van der Waals surface area contributed by atoms with E-state index in [-0.39, 0.29) is 6.10 Å². The molecule has 0 aromatic rings.